The first kappa shape index (κ1) is 28.3. The minimum Gasteiger partial charge on any atom is -0.166 e. The summed E-state index contributed by atoms with van der Waals surface area (Å²) in [7, 11) is -6.18. The van der Waals surface area contributed by atoms with Gasteiger partial charge in [0.15, 0.2) is 0 Å². The molecule has 0 radical (unpaired) electrons. The molecule has 0 aliphatic carbocycles. The van der Waals surface area contributed by atoms with Gasteiger partial charge in [-0.25, -0.2) is 0 Å². The topological polar surface area (TPSA) is 0 Å². The van der Waals surface area contributed by atoms with Crippen molar-refractivity contribution >= 4 is 50.2 Å². The summed E-state index contributed by atoms with van der Waals surface area (Å²) in [5.41, 5.74) is 1.40. The Morgan fingerprint density at radius 2 is 0.947 bits per heavy atom. The first-order valence-electron chi connectivity index (χ1n) is 13.1. The van der Waals surface area contributed by atoms with Crippen molar-refractivity contribution in [2.75, 3.05) is 0 Å². The quantitative estimate of drug-likeness (QED) is 0.184. The van der Waals surface area contributed by atoms with Gasteiger partial charge in [0.2, 0.25) is 0 Å². The Morgan fingerprint density at radius 3 is 1.34 bits per heavy atom. The van der Waals surface area contributed by atoms with Gasteiger partial charge in [0.05, 0.1) is 21.7 Å². The fourth-order valence-electron chi connectivity index (χ4n) is 5.22. The van der Waals surface area contributed by atoms with Crippen LogP contribution in [0.5, 0.6) is 0 Å². The first-order valence-corrected chi connectivity index (χ1v) is 22.6. The Balaban J connectivity index is 2.18. The fraction of sp³-hybridized carbons (Fsp3) is 0.250. The monoisotopic (exact) mass is 562 g/mol. The van der Waals surface area contributed by atoms with E-state index in [1.807, 2.05) is 12.1 Å². The lowest BCUT2D eigenvalue weighted by molar-refractivity contribution is -0.137. The van der Waals surface area contributed by atoms with E-state index in [0.29, 0.717) is 0 Å². The van der Waals surface area contributed by atoms with E-state index in [-0.39, 0.29) is 0 Å². The van der Waals surface area contributed by atoms with E-state index in [0.717, 1.165) is 11.1 Å². The Kier molecular flexibility index (Phi) is 7.56. The second-order valence-corrected chi connectivity index (χ2v) is 26.4. The van der Waals surface area contributed by atoms with Crippen molar-refractivity contribution in [3.63, 3.8) is 0 Å². The van der Waals surface area contributed by atoms with Crippen LogP contribution in [-0.4, -0.2) is 24.2 Å². The average Bonchev–Trinajstić information content (AvgIpc) is 2.87. The maximum Gasteiger partial charge on any atom is 0.416 e. The molecule has 38 heavy (non-hydrogen) atoms. The molecule has 198 valence electrons. The second kappa shape index (κ2) is 10.1. The molecule has 0 amide bonds. The third kappa shape index (κ3) is 5.53. The summed E-state index contributed by atoms with van der Waals surface area (Å²) in [5, 5.41) is 6.64. The van der Waals surface area contributed by atoms with E-state index < -0.39 is 36.0 Å². The van der Waals surface area contributed by atoms with Gasteiger partial charge in [-0.2, -0.15) is 13.2 Å². The summed E-state index contributed by atoms with van der Waals surface area (Å²) in [6, 6.07) is 32.1. The van der Waals surface area contributed by atoms with Gasteiger partial charge in [0.25, 0.3) is 0 Å². The van der Waals surface area contributed by atoms with Crippen molar-refractivity contribution in [1.82, 2.24) is 0 Å². The van der Waals surface area contributed by atoms with Gasteiger partial charge in [-0.15, -0.1) is 0 Å². The highest BCUT2D eigenvalue weighted by molar-refractivity contribution is 7.12. The van der Waals surface area contributed by atoms with E-state index in [1.54, 1.807) is 12.1 Å². The number of benzene rings is 4. The fourth-order valence-corrected chi connectivity index (χ4v) is 12.3. The first-order chi connectivity index (χ1) is 17.6. The molecule has 0 spiro atoms. The molecular weight excluding hydrogens is 526 g/mol. The van der Waals surface area contributed by atoms with Crippen molar-refractivity contribution in [2.45, 2.75) is 52.0 Å². The normalized spacial score (nSPS) is 13.0. The van der Waals surface area contributed by atoms with Crippen molar-refractivity contribution in [3.05, 3.63) is 103 Å². The minimum absolute atomic E-state index is 0.609. The number of hydrogen-bond acceptors (Lipinski definition) is 0. The average molecular weight is 563 g/mol. The summed E-state index contributed by atoms with van der Waals surface area (Å²) in [6.45, 7) is 16.6. The van der Waals surface area contributed by atoms with E-state index in [2.05, 4.69) is 106 Å². The van der Waals surface area contributed by atoms with Crippen molar-refractivity contribution < 1.29 is 13.2 Å². The van der Waals surface area contributed by atoms with Crippen LogP contribution in [0.25, 0.3) is 11.1 Å². The Labute approximate surface area is 228 Å². The molecule has 6 heteroatoms. The molecule has 0 fully saturated rings. The van der Waals surface area contributed by atoms with Crippen molar-refractivity contribution in [2.24, 2.45) is 0 Å². The zero-order valence-electron chi connectivity index (χ0n) is 23.4. The van der Waals surface area contributed by atoms with Crippen LogP contribution in [-0.2, 0) is 6.18 Å². The van der Waals surface area contributed by atoms with E-state index >= 15 is 0 Å². The van der Waals surface area contributed by atoms with Crippen molar-refractivity contribution in [3.8, 4) is 11.1 Å². The molecular formula is C32H37F3Si3. The SMILES string of the molecule is C[Si](C)(C)c1cc([Si](C)(C)C)c(-c2ccc(C(F)(F)F)cc2)c([Si](C)(c2ccccc2)c2ccccc2)c1. The van der Waals surface area contributed by atoms with E-state index in [1.165, 1.54) is 38.1 Å². The highest BCUT2D eigenvalue weighted by atomic mass is 28.3. The van der Waals surface area contributed by atoms with Crippen LogP contribution in [0.1, 0.15) is 5.56 Å². The molecule has 0 aromatic heterocycles. The Hall–Kier alpha value is -2.68. The molecule has 0 atom stereocenters. The van der Waals surface area contributed by atoms with Crippen molar-refractivity contribution in [1.29, 1.82) is 0 Å². The van der Waals surface area contributed by atoms with Crippen LogP contribution >= 0.6 is 0 Å². The molecule has 4 aromatic rings. The summed E-state index contributed by atoms with van der Waals surface area (Å²) in [4.78, 5) is 0. The smallest absolute Gasteiger partial charge is 0.166 e. The molecule has 0 aliphatic rings. The van der Waals surface area contributed by atoms with E-state index in [4.69, 9.17) is 0 Å². The van der Waals surface area contributed by atoms with Gasteiger partial charge in [-0.1, -0.05) is 141 Å². The van der Waals surface area contributed by atoms with Gasteiger partial charge >= 0.3 is 6.18 Å². The van der Waals surface area contributed by atoms with Crippen LogP contribution in [0.15, 0.2) is 97.1 Å². The van der Waals surface area contributed by atoms with E-state index in [9.17, 15) is 13.2 Å². The predicted octanol–water partition coefficient (Wildman–Crippen LogP) is 6.56. The zero-order chi connectivity index (χ0) is 27.9. The summed E-state index contributed by atoms with van der Waals surface area (Å²) >= 11 is 0. The van der Waals surface area contributed by atoms with Gasteiger partial charge in [0, 0.05) is 0 Å². The highest BCUT2D eigenvalue weighted by Crippen LogP contribution is 2.31. The summed E-state index contributed by atoms with van der Waals surface area (Å²) in [6.07, 6.45) is -4.36. The van der Waals surface area contributed by atoms with Crippen LogP contribution in [0.2, 0.25) is 45.8 Å². The molecule has 0 N–H and O–H groups in total. The van der Waals surface area contributed by atoms with Crippen LogP contribution in [0.4, 0.5) is 13.2 Å². The van der Waals surface area contributed by atoms with Gasteiger partial charge in [-0.05, 0) is 38.8 Å². The van der Waals surface area contributed by atoms with Gasteiger partial charge < -0.3 is 0 Å². The lowest BCUT2D eigenvalue weighted by Crippen LogP contribution is -2.67. The third-order valence-electron chi connectivity index (χ3n) is 7.55. The number of hydrogen-bond donors (Lipinski definition) is 0. The number of halogens is 3. The van der Waals surface area contributed by atoms with Crippen LogP contribution in [0, 0.1) is 0 Å². The zero-order valence-corrected chi connectivity index (χ0v) is 26.4. The van der Waals surface area contributed by atoms with Crippen LogP contribution < -0.4 is 25.9 Å². The maximum absolute atomic E-state index is 13.5. The van der Waals surface area contributed by atoms with Gasteiger partial charge in [-0.3, -0.25) is 0 Å². The highest BCUT2D eigenvalue weighted by Gasteiger charge is 2.40. The van der Waals surface area contributed by atoms with Crippen LogP contribution in [0.3, 0.4) is 0 Å². The number of rotatable bonds is 6. The molecule has 0 bridgehead atoms. The maximum atomic E-state index is 13.5. The molecule has 4 rings (SSSR count). The summed E-state index contributed by atoms with van der Waals surface area (Å²) < 4.78 is 40.5. The largest absolute Gasteiger partial charge is 0.416 e. The molecule has 0 unspecified atom stereocenters. The number of alkyl halides is 3. The molecule has 0 aliphatic heterocycles. The molecule has 0 saturated carbocycles. The van der Waals surface area contributed by atoms with Gasteiger partial charge in [0.1, 0.15) is 8.07 Å². The Bertz CT molecular complexity index is 1360. The third-order valence-corrected chi connectivity index (χ3v) is 16.0. The molecule has 4 aromatic carbocycles. The minimum atomic E-state index is -4.36. The Morgan fingerprint density at radius 1 is 0.500 bits per heavy atom. The molecule has 0 heterocycles. The lowest BCUT2D eigenvalue weighted by atomic mass is 10.0. The summed E-state index contributed by atoms with van der Waals surface area (Å²) in [5.74, 6) is 0. The molecule has 0 saturated heterocycles. The predicted molar refractivity (Wildman–Crippen MR) is 166 cm³/mol. The standard InChI is InChI=1S/C32H37F3Si3/c1-36(2,3)28-22-29(37(4,5)6)31(24-18-20-25(21-19-24)32(33,34)35)30(23-28)38(7,26-14-10-8-11-15-26)27-16-12-9-13-17-27/h8-23H,1-7H3. The second-order valence-electron chi connectivity index (χ2n) is 12.4. The molecule has 0 nitrogen and oxygen atoms in total. The lowest BCUT2D eigenvalue weighted by Gasteiger charge is -2.36.